The molecule has 4 nitrogen and oxygen atoms in total. The Labute approximate surface area is 115 Å². The van der Waals surface area contributed by atoms with E-state index in [2.05, 4.69) is 59.8 Å². The maximum atomic E-state index is 4.03. The maximum Gasteiger partial charge on any atom is 0.0653 e. The number of hydrogen-bond donors (Lipinski definition) is 3. The maximum absolute atomic E-state index is 4.03. The van der Waals surface area contributed by atoms with Crippen molar-refractivity contribution in [2.45, 2.75) is 39.3 Å². The SMILES string of the molecule is CC(C)(C)NCCCNCc1ccc2cn[nH]c2c1. The first kappa shape index (κ1) is 14.0. The van der Waals surface area contributed by atoms with Gasteiger partial charge in [0, 0.05) is 17.5 Å². The summed E-state index contributed by atoms with van der Waals surface area (Å²) in [5.74, 6) is 0. The Morgan fingerprint density at radius 3 is 2.84 bits per heavy atom. The predicted octanol–water partition coefficient (Wildman–Crippen LogP) is 2.43. The molecule has 0 radical (unpaired) electrons. The third kappa shape index (κ3) is 4.65. The van der Waals surface area contributed by atoms with Crippen LogP contribution in [0.1, 0.15) is 32.8 Å². The normalized spacial score (nSPS) is 12.2. The van der Waals surface area contributed by atoms with Gasteiger partial charge in [-0.05, 0) is 51.9 Å². The highest BCUT2D eigenvalue weighted by atomic mass is 15.1. The Morgan fingerprint density at radius 2 is 2.05 bits per heavy atom. The summed E-state index contributed by atoms with van der Waals surface area (Å²) >= 11 is 0. The molecule has 1 heterocycles. The van der Waals surface area contributed by atoms with Gasteiger partial charge in [0.25, 0.3) is 0 Å². The number of fused-ring (bicyclic) bond motifs is 1. The summed E-state index contributed by atoms with van der Waals surface area (Å²) in [6.07, 6.45) is 2.99. The van der Waals surface area contributed by atoms with Gasteiger partial charge < -0.3 is 10.6 Å². The van der Waals surface area contributed by atoms with Crippen LogP contribution >= 0.6 is 0 Å². The smallest absolute Gasteiger partial charge is 0.0653 e. The van der Waals surface area contributed by atoms with Gasteiger partial charge in [-0.3, -0.25) is 5.10 Å². The van der Waals surface area contributed by atoms with E-state index >= 15 is 0 Å². The molecule has 0 amide bonds. The second-order valence-electron chi connectivity index (χ2n) is 6.00. The fourth-order valence-corrected chi connectivity index (χ4v) is 2.00. The molecule has 1 aromatic carbocycles. The molecule has 0 aliphatic carbocycles. The molecule has 0 saturated heterocycles. The molecule has 2 rings (SSSR count). The van der Waals surface area contributed by atoms with Crippen molar-refractivity contribution in [2.24, 2.45) is 0 Å². The van der Waals surface area contributed by atoms with Gasteiger partial charge in [0.2, 0.25) is 0 Å². The van der Waals surface area contributed by atoms with E-state index in [0.717, 1.165) is 37.0 Å². The molecule has 4 heteroatoms. The van der Waals surface area contributed by atoms with E-state index in [0.29, 0.717) is 0 Å². The van der Waals surface area contributed by atoms with E-state index in [-0.39, 0.29) is 5.54 Å². The first-order chi connectivity index (χ1) is 9.04. The van der Waals surface area contributed by atoms with Crippen LogP contribution in [0.25, 0.3) is 10.9 Å². The highest BCUT2D eigenvalue weighted by Crippen LogP contribution is 2.12. The molecular weight excluding hydrogens is 236 g/mol. The van der Waals surface area contributed by atoms with Crippen LogP contribution in [0.2, 0.25) is 0 Å². The highest BCUT2D eigenvalue weighted by Gasteiger charge is 2.06. The number of benzene rings is 1. The fourth-order valence-electron chi connectivity index (χ4n) is 2.00. The standard InChI is InChI=1S/C15H24N4/c1-15(2,3)17-8-4-7-16-10-12-5-6-13-11-18-19-14(13)9-12/h5-6,9,11,16-17H,4,7-8,10H2,1-3H3,(H,18,19). The topological polar surface area (TPSA) is 52.7 Å². The molecule has 0 aliphatic rings. The van der Waals surface area contributed by atoms with E-state index in [4.69, 9.17) is 0 Å². The summed E-state index contributed by atoms with van der Waals surface area (Å²) in [7, 11) is 0. The van der Waals surface area contributed by atoms with Crippen LogP contribution in [0.5, 0.6) is 0 Å². The van der Waals surface area contributed by atoms with Crippen molar-refractivity contribution < 1.29 is 0 Å². The highest BCUT2D eigenvalue weighted by molar-refractivity contribution is 5.78. The summed E-state index contributed by atoms with van der Waals surface area (Å²) in [6.45, 7) is 9.57. The lowest BCUT2D eigenvalue weighted by Crippen LogP contribution is -2.37. The van der Waals surface area contributed by atoms with Crippen LogP contribution in [0.15, 0.2) is 24.4 Å². The van der Waals surface area contributed by atoms with Gasteiger partial charge >= 0.3 is 0 Å². The third-order valence-electron chi connectivity index (χ3n) is 3.02. The number of aromatic nitrogens is 2. The summed E-state index contributed by atoms with van der Waals surface area (Å²) in [4.78, 5) is 0. The van der Waals surface area contributed by atoms with Crippen molar-refractivity contribution in [2.75, 3.05) is 13.1 Å². The lowest BCUT2D eigenvalue weighted by molar-refractivity contribution is 0.418. The molecule has 104 valence electrons. The first-order valence-electron chi connectivity index (χ1n) is 6.92. The van der Waals surface area contributed by atoms with Crippen molar-refractivity contribution >= 4 is 10.9 Å². The first-order valence-corrected chi connectivity index (χ1v) is 6.92. The Morgan fingerprint density at radius 1 is 1.21 bits per heavy atom. The minimum Gasteiger partial charge on any atom is -0.313 e. The van der Waals surface area contributed by atoms with E-state index in [1.54, 1.807) is 0 Å². The molecular formula is C15H24N4. The van der Waals surface area contributed by atoms with Crippen LogP contribution in [-0.2, 0) is 6.54 Å². The molecule has 0 spiro atoms. The molecule has 1 aromatic heterocycles. The zero-order valence-electron chi connectivity index (χ0n) is 12.1. The Balaban J connectivity index is 1.68. The number of H-pyrrole nitrogens is 1. The average molecular weight is 260 g/mol. The van der Waals surface area contributed by atoms with Gasteiger partial charge in [-0.25, -0.2) is 0 Å². The van der Waals surface area contributed by atoms with E-state index in [9.17, 15) is 0 Å². The molecule has 0 atom stereocenters. The van der Waals surface area contributed by atoms with Crippen LogP contribution in [0.3, 0.4) is 0 Å². The number of nitrogens with one attached hydrogen (secondary N) is 3. The van der Waals surface area contributed by atoms with Crippen molar-refractivity contribution in [3.63, 3.8) is 0 Å². The van der Waals surface area contributed by atoms with Gasteiger partial charge in [-0.2, -0.15) is 5.10 Å². The van der Waals surface area contributed by atoms with Gasteiger partial charge in [0.15, 0.2) is 0 Å². The zero-order chi connectivity index (χ0) is 13.7. The van der Waals surface area contributed by atoms with E-state index in [1.807, 2.05) is 6.20 Å². The van der Waals surface area contributed by atoms with Gasteiger partial charge in [0.1, 0.15) is 0 Å². The summed E-state index contributed by atoms with van der Waals surface area (Å²) in [6, 6.07) is 6.41. The number of rotatable bonds is 6. The zero-order valence-corrected chi connectivity index (χ0v) is 12.1. The summed E-state index contributed by atoms with van der Waals surface area (Å²) in [5, 5.41) is 15.2. The fraction of sp³-hybridized carbons (Fsp3) is 0.533. The average Bonchev–Trinajstić information content (AvgIpc) is 2.79. The van der Waals surface area contributed by atoms with Crippen LogP contribution in [0.4, 0.5) is 0 Å². The van der Waals surface area contributed by atoms with Crippen molar-refractivity contribution in [1.29, 1.82) is 0 Å². The van der Waals surface area contributed by atoms with Crippen LogP contribution in [-0.4, -0.2) is 28.8 Å². The van der Waals surface area contributed by atoms with Gasteiger partial charge in [0.05, 0.1) is 11.7 Å². The lowest BCUT2D eigenvalue weighted by Gasteiger charge is -2.20. The summed E-state index contributed by atoms with van der Waals surface area (Å²) in [5.41, 5.74) is 2.61. The predicted molar refractivity (Wildman–Crippen MR) is 80.2 cm³/mol. The number of aromatic amines is 1. The number of hydrogen-bond acceptors (Lipinski definition) is 3. The second kappa shape index (κ2) is 6.17. The summed E-state index contributed by atoms with van der Waals surface area (Å²) < 4.78 is 0. The minimum absolute atomic E-state index is 0.214. The lowest BCUT2D eigenvalue weighted by atomic mass is 10.1. The van der Waals surface area contributed by atoms with E-state index in [1.165, 1.54) is 5.56 Å². The van der Waals surface area contributed by atoms with Crippen LogP contribution in [0, 0.1) is 0 Å². The van der Waals surface area contributed by atoms with Crippen molar-refractivity contribution in [3.8, 4) is 0 Å². The molecule has 2 aromatic rings. The quantitative estimate of drug-likeness (QED) is 0.699. The monoisotopic (exact) mass is 260 g/mol. The van der Waals surface area contributed by atoms with Gasteiger partial charge in [-0.15, -0.1) is 0 Å². The van der Waals surface area contributed by atoms with Crippen molar-refractivity contribution in [3.05, 3.63) is 30.0 Å². The minimum atomic E-state index is 0.214. The molecule has 3 N–H and O–H groups in total. The van der Waals surface area contributed by atoms with Crippen molar-refractivity contribution in [1.82, 2.24) is 20.8 Å². The van der Waals surface area contributed by atoms with Crippen LogP contribution < -0.4 is 10.6 Å². The molecule has 0 aliphatic heterocycles. The van der Waals surface area contributed by atoms with E-state index < -0.39 is 0 Å². The third-order valence-corrected chi connectivity index (χ3v) is 3.02. The molecule has 0 saturated carbocycles. The van der Waals surface area contributed by atoms with Gasteiger partial charge in [-0.1, -0.05) is 12.1 Å². The second-order valence-corrected chi connectivity index (χ2v) is 6.00. The molecule has 19 heavy (non-hydrogen) atoms. The Hall–Kier alpha value is -1.39. The molecule has 0 unspecified atom stereocenters. The number of nitrogens with zero attached hydrogens (tertiary/aromatic N) is 1. The largest absolute Gasteiger partial charge is 0.313 e. The Kier molecular flexibility index (Phi) is 4.56. The molecule has 0 bridgehead atoms. The molecule has 0 fully saturated rings. The Bertz CT molecular complexity index is 510.